The minimum atomic E-state index is -0.269. The van der Waals surface area contributed by atoms with E-state index in [1.165, 1.54) is 23.5 Å². The minimum absolute atomic E-state index is 0.113. The number of fused-ring (bicyclic) bond motifs is 1. The van der Waals surface area contributed by atoms with Crippen LogP contribution in [0.2, 0.25) is 0 Å². The second-order valence-corrected chi connectivity index (χ2v) is 7.62. The Balaban J connectivity index is 1.74. The van der Waals surface area contributed by atoms with Crippen molar-refractivity contribution in [2.75, 3.05) is 11.4 Å². The Bertz CT molecular complexity index is 1170. The van der Waals surface area contributed by atoms with Crippen LogP contribution < -0.4 is 10.5 Å². The number of halogens is 1. The third-order valence-corrected chi connectivity index (χ3v) is 5.56. The number of rotatable bonds is 5. The van der Waals surface area contributed by atoms with Crippen molar-refractivity contribution in [3.63, 3.8) is 0 Å². The number of anilines is 1. The van der Waals surface area contributed by atoms with Gasteiger partial charge in [0.2, 0.25) is 0 Å². The Morgan fingerprint density at radius 1 is 1.21 bits per heavy atom. The van der Waals surface area contributed by atoms with Gasteiger partial charge < -0.3 is 4.90 Å². The normalized spacial score (nSPS) is 11.1. The largest absolute Gasteiger partial charge is 0.366 e. The fourth-order valence-electron chi connectivity index (χ4n) is 3.27. The van der Waals surface area contributed by atoms with Gasteiger partial charge in [-0.1, -0.05) is 0 Å². The molecule has 142 valence electrons. The van der Waals surface area contributed by atoms with Crippen molar-refractivity contribution in [3.8, 4) is 11.3 Å². The second-order valence-electron chi connectivity index (χ2n) is 6.44. The van der Waals surface area contributed by atoms with Gasteiger partial charge in [-0.25, -0.2) is 9.37 Å². The molecule has 5 nitrogen and oxygen atoms in total. The molecular formula is C21H19FN4OS. The molecule has 0 amide bonds. The summed E-state index contributed by atoms with van der Waals surface area (Å²) in [6.45, 7) is 5.20. The smallest absolute Gasteiger partial charge is 0.259 e. The maximum atomic E-state index is 13.2. The van der Waals surface area contributed by atoms with Crippen molar-refractivity contribution >= 4 is 22.0 Å². The van der Waals surface area contributed by atoms with E-state index in [2.05, 4.69) is 9.88 Å². The third kappa shape index (κ3) is 3.41. The zero-order valence-corrected chi connectivity index (χ0v) is 16.4. The van der Waals surface area contributed by atoms with Crippen molar-refractivity contribution in [2.45, 2.75) is 20.4 Å². The number of hydrogen-bond donors (Lipinski definition) is 0. The average Bonchev–Trinajstić information content (AvgIpc) is 3.04. The molecule has 1 aromatic carbocycles. The number of benzene rings is 1. The molecule has 4 rings (SSSR count). The van der Waals surface area contributed by atoms with Gasteiger partial charge in [-0.3, -0.25) is 14.2 Å². The van der Waals surface area contributed by atoms with E-state index in [0.717, 1.165) is 28.4 Å². The molecule has 28 heavy (non-hydrogen) atoms. The molecule has 0 spiro atoms. The zero-order valence-electron chi connectivity index (χ0n) is 15.6. The molecule has 0 aliphatic heterocycles. The van der Waals surface area contributed by atoms with Crippen molar-refractivity contribution in [3.05, 3.63) is 81.6 Å². The molecule has 0 aliphatic carbocycles. The van der Waals surface area contributed by atoms with Crippen molar-refractivity contribution < 1.29 is 4.39 Å². The van der Waals surface area contributed by atoms with Gasteiger partial charge in [-0.2, -0.15) is 0 Å². The molecule has 0 N–H and O–H groups in total. The molecular weight excluding hydrogens is 375 g/mol. The Morgan fingerprint density at radius 3 is 2.68 bits per heavy atom. The quantitative estimate of drug-likeness (QED) is 0.507. The Morgan fingerprint density at radius 2 is 2.00 bits per heavy atom. The van der Waals surface area contributed by atoms with E-state index in [9.17, 15) is 9.18 Å². The molecule has 0 saturated heterocycles. The lowest BCUT2D eigenvalue weighted by Crippen LogP contribution is -2.24. The van der Waals surface area contributed by atoms with Crippen molar-refractivity contribution in [2.24, 2.45) is 0 Å². The van der Waals surface area contributed by atoms with Crippen LogP contribution in [0.25, 0.3) is 16.2 Å². The van der Waals surface area contributed by atoms with Gasteiger partial charge in [0.05, 0.1) is 17.9 Å². The van der Waals surface area contributed by atoms with Crippen LogP contribution in [0.15, 0.2) is 59.7 Å². The maximum Gasteiger partial charge on any atom is 0.259 e. The van der Waals surface area contributed by atoms with Crippen LogP contribution in [0.4, 0.5) is 10.1 Å². The van der Waals surface area contributed by atoms with Gasteiger partial charge in [0, 0.05) is 41.1 Å². The molecule has 7 heteroatoms. The second kappa shape index (κ2) is 7.52. The van der Waals surface area contributed by atoms with Crippen molar-refractivity contribution in [1.82, 2.24) is 14.4 Å². The van der Waals surface area contributed by atoms with Gasteiger partial charge in [-0.15, -0.1) is 11.3 Å². The molecule has 0 unspecified atom stereocenters. The van der Waals surface area contributed by atoms with Gasteiger partial charge in [-0.05, 0) is 50.2 Å². The Kier molecular flexibility index (Phi) is 4.92. The first-order valence-electron chi connectivity index (χ1n) is 9.00. The SMILES string of the molecule is CCN(Cc1cc(=O)n2c(-c3cccnc3)c(C)sc2n1)c1ccc(F)cc1. The average molecular weight is 394 g/mol. The highest BCUT2D eigenvalue weighted by Crippen LogP contribution is 2.29. The first-order chi connectivity index (χ1) is 13.6. The summed E-state index contributed by atoms with van der Waals surface area (Å²) in [5, 5.41) is 0. The van der Waals surface area contributed by atoms with Crippen LogP contribution in [-0.2, 0) is 6.54 Å². The van der Waals surface area contributed by atoms with Crippen molar-refractivity contribution in [1.29, 1.82) is 0 Å². The maximum absolute atomic E-state index is 13.2. The predicted molar refractivity (Wildman–Crippen MR) is 110 cm³/mol. The lowest BCUT2D eigenvalue weighted by atomic mass is 10.2. The van der Waals surface area contributed by atoms with E-state index in [0.29, 0.717) is 17.2 Å². The fraction of sp³-hybridized carbons (Fsp3) is 0.190. The first-order valence-corrected chi connectivity index (χ1v) is 9.81. The molecule has 3 heterocycles. The first kappa shape index (κ1) is 18.3. The lowest BCUT2D eigenvalue weighted by Gasteiger charge is -2.22. The van der Waals surface area contributed by atoms with Crippen LogP contribution >= 0.6 is 11.3 Å². The number of aromatic nitrogens is 3. The van der Waals surface area contributed by atoms with Crippen LogP contribution in [0.3, 0.4) is 0 Å². The van der Waals surface area contributed by atoms with Gasteiger partial charge >= 0.3 is 0 Å². The van der Waals surface area contributed by atoms with Gasteiger partial charge in [0.15, 0.2) is 4.96 Å². The number of thiazole rings is 1. The highest BCUT2D eigenvalue weighted by atomic mass is 32.1. The summed E-state index contributed by atoms with van der Waals surface area (Å²) in [5.41, 5.74) is 3.20. The Hall–Kier alpha value is -3.06. The predicted octanol–water partition coefficient (Wildman–Crippen LogP) is 4.29. The molecule has 0 bridgehead atoms. The highest BCUT2D eigenvalue weighted by molar-refractivity contribution is 7.17. The van der Waals surface area contributed by atoms with Crippen LogP contribution in [0.1, 0.15) is 17.5 Å². The molecule has 0 saturated carbocycles. The van der Waals surface area contributed by atoms with Crippen LogP contribution in [0, 0.1) is 12.7 Å². The number of pyridine rings is 1. The summed E-state index contributed by atoms with van der Waals surface area (Å²) >= 11 is 1.49. The van der Waals surface area contributed by atoms with Gasteiger partial charge in [0.25, 0.3) is 5.56 Å². The lowest BCUT2D eigenvalue weighted by molar-refractivity contribution is 0.627. The topological polar surface area (TPSA) is 50.5 Å². The standard InChI is InChI=1S/C21H19FN4OS/c1-3-25(18-8-6-16(22)7-9-18)13-17-11-19(27)26-20(14(2)28-21(26)24-17)15-5-4-10-23-12-15/h4-12H,3,13H2,1-2H3. The Labute approximate surface area is 165 Å². The summed E-state index contributed by atoms with van der Waals surface area (Å²) in [5.74, 6) is -0.269. The number of nitrogens with zero attached hydrogens (tertiary/aromatic N) is 4. The molecule has 0 aliphatic rings. The zero-order chi connectivity index (χ0) is 19.7. The van der Waals surface area contributed by atoms with E-state index < -0.39 is 0 Å². The third-order valence-electron chi connectivity index (χ3n) is 4.60. The van der Waals surface area contributed by atoms with E-state index in [1.54, 1.807) is 35.0 Å². The van der Waals surface area contributed by atoms with Crippen LogP contribution in [-0.4, -0.2) is 20.9 Å². The molecule has 0 atom stereocenters. The van der Waals surface area contributed by atoms with E-state index in [1.807, 2.05) is 26.0 Å². The molecule has 0 fully saturated rings. The monoisotopic (exact) mass is 394 g/mol. The molecule has 4 aromatic rings. The summed E-state index contributed by atoms with van der Waals surface area (Å²) in [6.07, 6.45) is 3.46. The van der Waals surface area contributed by atoms with Gasteiger partial charge in [0.1, 0.15) is 5.82 Å². The van der Waals surface area contributed by atoms with E-state index in [4.69, 9.17) is 4.98 Å². The highest BCUT2D eigenvalue weighted by Gasteiger charge is 2.16. The molecule has 3 aromatic heterocycles. The van der Waals surface area contributed by atoms with E-state index >= 15 is 0 Å². The molecule has 0 radical (unpaired) electrons. The number of hydrogen-bond acceptors (Lipinski definition) is 5. The van der Waals surface area contributed by atoms with E-state index in [-0.39, 0.29) is 11.4 Å². The summed E-state index contributed by atoms with van der Waals surface area (Å²) in [4.78, 5) is 25.5. The van der Waals surface area contributed by atoms with Crippen LogP contribution in [0.5, 0.6) is 0 Å². The summed E-state index contributed by atoms with van der Waals surface area (Å²) in [7, 11) is 0. The fourth-order valence-corrected chi connectivity index (χ4v) is 4.29. The summed E-state index contributed by atoms with van der Waals surface area (Å²) in [6, 6.07) is 11.7. The minimum Gasteiger partial charge on any atom is -0.366 e. The number of aryl methyl sites for hydroxylation is 1. The summed E-state index contributed by atoms with van der Waals surface area (Å²) < 4.78 is 14.9.